The number of nitrogens with one attached hydrogen (secondary N) is 1. The molecule has 0 bridgehead atoms. The fraction of sp³-hybridized carbons (Fsp3) is 0.529. The molecule has 1 N–H and O–H groups in total. The molecule has 0 radical (unpaired) electrons. The predicted octanol–water partition coefficient (Wildman–Crippen LogP) is 0.950. The van der Waals surface area contributed by atoms with Gasteiger partial charge in [0.05, 0.1) is 0 Å². The second-order valence-corrected chi connectivity index (χ2v) is 5.92. The third-order valence-corrected chi connectivity index (χ3v) is 4.29. The molecule has 2 aliphatic rings. The maximum atomic E-state index is 12.2. The number of anilines is 1. The zero-order valence-corrected chi connectivity index (χ0v) is 13.9. The second kappa shape index (κ2) is 7.42. The van der Waals surface area contributed by atoms with Crippen molar-refractivity contribution in [2.45, 2.75) is 13.3 Å². The molecule has 0 aromatic heterocycles. The summed E-state index contributed by atoms with van der Waals surface area (Å²) >= 11 is 0. The van der Waals surface area contributed by atoms with Gasteiger partial charge in [-0.15, -0.1) is 0 Å². The molecule has 1 aromatic rings. The molecule has 2 heterocycles. The van der Waals surface area contributed by atoms with Crippen molar-refractivity contribution in [2.75, 3.05) is 51.3 Å². The molecule has 7 heteroatoms. The highest BCUT2D eigenvalue weighted by molar-refractivity contribution is 5.78. The molecule has 2 amide bonds. The van der Waals surface area contributed by atoms with E-state index in [4.69, 9.17) is 9.47 Å². The molecule has 1 aromatic carbocycles. The lowest BCUT2D eigenvalue weighted by Gasteiger charge is -2.34. The summed E-state index contributed by atoms with van der Waals surface area (Å²) in [5.74, 6) is 1.68. The summed E-state index contributed by atoms with van der Waals surface area (Å²) in [7, 11) is 0. The number of ether oxygens (including phenoxy) is 2. The number of carbonyl (C=O) groups is 2. The molecule has 1 saturated heterocycles. The van der Waals surface area contributed by atoms with Crippen LogP contribution in [0.25, 0.3) is 0 Å². The van der Waals surface area contributed by atoms with E-state index in [1.807, 2.05) is 23.1 Å². The van der Waals surface area contributed by atoms with E-state index in [2.05, 4.69) is 5.32 Å². The molecular formula is C17H23N3O4. The number of amides is 2. The van der Waals surface area contributed by atoms with Crippen molar-refractivity contribution in [1.82, 2.24) is 9.80 Å². The van der Waals surface area contributed by atoms with E-state index in [1.54, 1.807) is 11.8 Å². The van der Waals surface area contributed by atoms with Crippen LogP contribution in [0.3, 0.4) is 0 Å². The minimum Gasteiger partial charge on any atom is -0.486 e. The number of carbonyl (C=O) groups excluding carboxylic acids is 2. The lowest BCUT2D eigenvalue weighted by Crippen LogP contribution is -2.50. The van der Waals surface area contributed by atoms with Gasteiger partial charge in [0.1, 0.15) is 13.2 Å². The number of fused-ring (bicyclic) bond motifs is 1. The van der Waals surface area contributed by atoms with Crippen molar-refractivity contribution in [3.05, 3.63) is 18.2 Å². The second-order valence-electron chi connectivity index (χ2n) is 5.92. The lowest BCUT2D eigenvalue weighted by molar-refractivity contribution is -0.138. The number of rotatable bonds is 4. The molecule has 3 rings (SSSR count). The number of nitrogens with zero attached hydrogens (tertiary/aromatic N) is 2. The SMILES string of the molecule is CC(=O)N1CCN(C(=O)CCNc2ccc3c(c2)OCCO3)CC1. The van der Waals surface area contributed by atoms with Gasteiger partial charge in [-0.2, -0.15) is 0 Å². The van der Waals surface area contributed by atoms with Crippen molar-refractivity contribution >= 4 is 17.5 Å². The first kappa shape index (κ1) is 16.4. The Hall–Kier alpha value is -2.44. The molecule has 0 spiro atoms. The van der Waals surface area contributed by atoms with E-state index in [9.17, 15) is 9.59 Å². The Labute approximate surface area is 141 Å². The van der Waals surface area contributed by atoms with Crippen LogP contribution in [-0.4, -0.2) is 67.6 Å². The maximum Gasteiger partial charge on any atom is 0.224 e. The van der Waals surface area contributed by atoms with Gasteiger partial charge < -0.3 is 24.6 Å². The van der Waals surface area contributed by atoms with E-state index in [0.29, 0.717) is 52.4 Å². The zero-order valence-electron chi connectivity index (χ0n) is 13.9. The molecule has 0 saturated carbocycles. The van der Waals surface area contributed by atoms with E-state index in [1.165, 1.54) is 0 Å². The van der Waals surface area contributed by atoms with Crippen LogP contribution in [0.2, 0.25) is 0 Å². The third kappa shape index (κ3) is 3.90. The van der Waals surface area contributed by atoms with Crippen LogP contribution >= 0.6 is 0 Å². The van der Waals surface area contributed by atoms with Crippen LogP contribution < -0.4 is 14.8 Å². The Bertz CT molecular complexity index is 612. The molecule has 0 aliphatic carbocycles. The fourth-order valence-corrected chi connectivity index (χ4v) is 2.90. The molecule has 2 aliphatic heterocycles. The first-order valence-electron chi connectivity index (χ1n) is 8.30. The molecule has 7 nitrogen and oxygen atoms in total. The minimum atomic E-state index is 0.0716. The van der Waals surface area contributed by atoms with Gasteiger partial charge in [0, 0.05) is 57.8 Å². The zero-order chi connectivity index (χ0) is 16.9. The quantitative estimate of drug-likeness (QED) is 0.888. The Morgan fingerprint density at radius 2 is 1.71 bits per heavy atom. The monoisotopic (exact) mass is 333 g/mol. The largest absolute Gasteiger partial charge is 0.486 e. The molecule has 24 heavy (non-hydrogen) atoms. The van der Waals surface area contributed by atoms with Gasteiger partial charge in [-0.25, -0.2) is 0 Å². The van der Waals surface area contributed by atoms with Crippen LogP contribution in [0.5, 0.6) is 11.5 Å². The van der Waals surface area contributed by atoms with Gasteiger partial charge in [0.15, 0.2) is 11.5 Å². The highest BCUT2D eigenvalue weighted by atomic mass is 16.6. The van der Waals surface area contributed by atoms with Gasteiger partial charge in [0.25, 0.3) is 0 Å². The van der Waals surface area contributed by atoms with Gasteiger partial charge in [-0.1, -0.05) is 0 Å². The van der Waals surface area contributed by atoms with E-state index >= 15 is 0 Å². The minimum absolute atomic E-state index is 0.0716. The van der Waals surface area contributed by atoms with Crippen LogP contribution in [-0.2, 0) is 9.59 Å². The first-order valence-corrected chi connectivity index (χ1v) is 8.30. The summed E-state index contributed by atoms with van der Waals surface area (Å²) in [5.41, 5.74) is 0.911. The van der Waals surface area contributed by atoms with Gasteiger partial charge >= 0.3 is 0 Å². The predicted molar refractivity (Wildman–Crippen MR) is 89.4 cm³/mol. The van der Waals surface area contributed by atoms with Crippen molar-refractivity contribution in [3.63, 3.8) is 0 Å². The van der Waals surface area contributed by atoms with Crippen molar-refractivity contribution < 1.29 is 19.1 Å². The highest BCUT2D eigenvalue weighted by Crippen LogP contribution is 2.32. The average molecular weight is 333 g/mol. The average Bonchev–Trinajstić information content (AvgIpc) is 2.61. The standard InChI is InChI=1S/C17H23N3O4/c1-13(21)19-6-8-20(9-7-19)17(22)4-5-18-14-2-3-15-16(12-14)24-11-10-23-15/h2-3,12,18H,4-11H2,1H3. The van der Waals surface area contributed by atoms with Crippen LogP contribution in [0, 0.1) is 0 Å². The van der Waals surface area contributed by atoms with Gasteiger partial charge in [-0.3, -0.25) is 9.59 Å². The maximum absolute atomic E-state index is 12.2. The number of benzene rings is 1. The third-order valence-electron chi connectivity index (χ3n) is 4.29. The topological polar surface area (TPSA) is 71.1 Å². The van der Waals surface area contributed by atoms with Gasteiger partial charge in [-0.05, 0) is 12.1 Å². The summed E-state index contributed by atoms with van der Waals surface area (Å²) in [6.07, 6.45) is 0.425. The molecular weight excluding hydrogens is 310 g/mol. The summed E-state index contributed by atoms with van der Waals surface area (Å²) in [4.78, 5) is 27.1. The lowest BCUT2D eigenvalue weighted by atomic mass is 10.2. The van der Waals surface area contributed by atoms with Crippen molar-refractivity contribution in [3.8, 4) is 11.5 Å². The normalized spacial score (nSPS) is 16.7. The van der Waals surface area contributed by atoms with Crippen molar-refractivity contribution in [1.29, 1.82) is 0 Å². The van der Waals surface area contributed by atoms with Crippen molar-refractivity contribution in [2.24, 2.45) is 0 Å². The smallest absolute Gasteiger partial charge is 0.224 e. The molecule has 130 valence electrons. The van der Waals surface area contributed by atoms with E-state index in [0.717, 1.165) is 17.2 Å². The Balaban J connectivity index is 1.43. The molecule has 1 fully saturated rings. The highest BCUT2D eigenvalue weighted by Gasteiger charge is 2.21. The van der Waals surface area contributed by atoms with E-state index in [-0.39, 0.29) is 11.8 Å². The van der Waals surface area contributed by atoms with Crippen LogP contribution in [0.15, 0.2) is 18.2 Å². The molecule has 0 atom stereocenters. The van der Waals surface area contributed by atoms with Crippen LogP contribution in [0.1, 0.15) is 13.3 Å². The number of hydrogen-bond donors (Lipinski definition) is 1. The Kier molecular flexibility index (Phi) is 5.08. The summed E-state index contributed by atoms with van der Waals surface area (Å²) in [6.45, 7) is 5.73. The number of piperazine rings is 1. The van der Waals surface area contributed by atoms with E-state index < -0.39 is 0 Å². The fourth-order valence-electron chi connectivity index (χ4n) is 2.90. The molecule has 0 unspecified atom stereocenters. The Morgan fingerprint density at radius 1 is 1.04 bits per heavy atom. The summed E-state index contributed by atoms with van der Waals surface area (Å²) < 4.78 is 11.0. The first-order chi connectivity index (χ1) is 11.6. The van der Waals surface area contributed by atoms with Gasteiger partial charge in [0.2, 0.25) is 11.8 Å². The van der Waals surface area contributed by atoms with Crippen LogP contribution in [0.4, 0.5) is 5.69 Å². The summed E-state index contributed by atoms with van der Waals surface area (Å²) in [6, 6.07) is 5.69. The summed E-state index contributed by atoms with van der Waals surface area (Å²) in [5, 5.41) is 3.24. The Morgan fingerprint density at radius 3 is 2.42 bits per heavy atom. The number of hydrogen-bond acceptors (Lipinski definition) is 5.